The predicted octanol–water partition coefficient (Wildman–Crippen LogP) is 3.78. The SMILES string of the molecule is O=Cc1ccc(CN(CCc2ccccc2)C(=O)C2Cc3ccccc3CN2)cc1. The Bertz CT molecular complexity index is 999. The number of aldehydes is 1. The zero-order valence-corrected chi connectivity index (χ0v) is 17.0. The second-order valence-corrected chi connectivity index (χ2v) is 7.76. The monoisotopic (exact) mass is 398 g/mol. The molecule has 1 aliphatic rings. The number of carbonyl (C=O) groups is 2. The fourth-order valence-corrected chi connectivity index (χ4v) is 3.95. The van der Waals surface area contributed by atoms with Crippen molar-refractivity contribution in [1.29, 1.82) is 0 Å². The molecule has 0 bridgehead atoms. The quantitative estimate of drug-likeness (QED) is 0.616. The normalized spacial score (nSPS) is 15.3. The lowest BCUT2D eigenvalue weighted by Crippen LogP contribution is -2.49. The maximum absolute atomic E-state index is 13.5. The molecule has 4 nitrogen and oxygen atoms in total. The molecule has 0 spiro atoms. The summed E-state index contributed by atoms with van der Waals surface area (Å²) >= 11 is 0. The van der Waals surface area contributed by atoms with Crippen molar-refractivity contribution in [1.82, 2.24) is 10.2 Å². The van der Waals surface area contributed by atoms with Gasteiger partial charge in [-0.05, 0) is 35.1 Å². The number of hydrogen-bond acceptors (Lipinski definition) is 3. The third-order valence-electron chi connectivity index (χ3n) is 5.69. The van der Waals surface area contributed by atoms with Crippen molar-refractivity contribution in [3.05, 3.63) is 107 Å². The fourth-order valence-electron chi connectivity index (χ4n) is 3.95. The highest BCUT2D eigenvalue weighted by Crippen LogP contribution is 2.19. The molecule has 1 atom stereocenters. The van der Waals surface area contributed by atoms with Gasteiger partial charge in [0.1, 0.15) is 6.29 Å². The summed E-state index contributed by atoms with van der Waals surface area (Å²) in [6.45, 7) is 1.90. The van der Waals surface area contributed by atoms with E-state index < -0.39 is 0 Å². The van der Waals surface area contributed by atoms with Crippen molar-refractivity contribution >= 4 is 12.2 Å². The molecule has 0 radical (unpaired) electrons. The third kappa shape index (κ3) is 4.84. The van der Waals surface area contributed by atoms with E-state index in [-0.39, 0.29) is 11.9 Å². The van der Waals surface area contributed by atoms with Crippen molar-refractivity contribution < 1.29 is 9.59 Å². The molecule has 0 aliphatic carbocycles. The minimum absolute atomic E-state index is 0.125. The largest absolute Gasteiger partial charge is 0.337 e. The van der Waals surface area contributed by atoms with E-state index >= 15 is 0 Å². The van der Waals surface area contributed by atoms with Crippen LogP contribution in [0.15, 0.2) is 78.9 Å². The fraction of sp³-hybridized carbons (Fsp3) is 0.231. The summed E-state index contributed by atoms with van der Waals surface area (Å²) in [6, 6.07) is 25.8. The van der Waals surface area contributed by atoms with Gasteiger partial charge in [-0.2, -0.15) is 0 Å². The molecule has 30 heavy (non-hydrogen) atoms. The van der Waals surface area contributed by atoms with Gasteiger partial charge in [0, 0.05) is 25.2 Å². The molecular weight excluding hydrogens is 372 g/mol. The lowest BCUT2D eigenvalue weighted by Gasteiger charge is -2.31. The first kappa shape index (κ1) is 20.0. The Morgan fingerprint density at radius 2 is 1.60 bits per heavy atom. The van der Waals surface area contributed by atoms with Gasteiger partial charge < -0.3 is 10.2 Å². The van der Waals surface area contributed by atoms with Crippen LogP contribution in [0, 0.1) is 0 Å². The molecule has 3 aromatic rings. The Balaban J connectivity index is 1.50. The summed E-state index contributed by atoms with van der Waals surface area (Å²) in [5.41, 5.74) is 5.40. The average molecular weight is 399 g/mol. The Hall–Kier alpha value is -3.24. The van der Waals surface area contributed by atoms with Crippen LogP contribution in [0.1, 0.15) is 32.6 Å². The molecular formula is C26H26N2O2. The van der Waals surface area contributed by atoms with Gasteiger partial charge in [-0.3, -0.25) is 9.59 Å². The summed E-state index contributed by atoms with van der Waals surface area (Å²) in [4.78, 5) is 26.3. The van der Waals surface area contributed by atoms with Crippen LogP contribution in [0.5, 0.6) is 0 Å². The zero-order chi connectivity index (χ0) is 20.8. The molecule has 3 aromatic carbocycles. The van der Waals surface area contributed by atoms with Crippen molar-refractivity contribution in [2.75, 3.05) is 6.54 Å². The molecule has 4 rings (SSSR count). The lowest BCUT2D eigenvalue weighted by atomic mass is 9.95. The van der Waals surface area contributed by atoms with Crippen LogP contribution >= 0.6 is 0 Å². The predicted molar refractivity (Wildman–Crippen MR) is 118 cm³/mol. The number of hydrogen-bond donors (Lipinski definition) is 1. The van der Waals surface area contributed by atoms with E-state index in [0.29, 0.717) is 31.6 Å². The van der Waals surface area contributed by atoms with Crippen LogP contribution in [-0.4, -0.2) is 29.7 Å². The van der Waals surface area contributed by atoms with Crippen LogP contribution in [0.4, 0.5) is 0 Å². The van der Waals surface area contributed by atoms with Gasteiger partial charge in [-0.25, -0.2) is 0 Å². The van der Waals surface area contributed by atoms with Gasteiger partial charge in [0.15, 0.2) is 0 Å². The van der Waals surface area contributed by atoms with Crippen LogP contribution in [-0.2, 0) is 30.7 Å². The average Bonchev–Trinajstić information content (AvgIpc) is 2.82. The second-order valence-electron chi connectivity index (χ2n) is 7.76. The molecule has 1 amide bonds. The molecule has 0 saturated carbocycles. The van der Waals surface area contributed by atoms with E-state index in [1.54, 1.807) is 12.1 Å². The highest BCUT2D eigenvalue weighted by atomic mass is 16.2. The highest BCUT2D eigenvalue weighted by molar-refractivity contribution is 5.82. The van der Waals surface area contributed by atoms with Crippen LogP contribution < -0.4 is 5.32 Å². The molecule has 152 valence electrons. The molecule has 1 N–H and O–H groups in total. The Kier molecular flexibility index (Phi) is 6.35. The molecule has 0 fully saturated rings. The van der Waals surface area contributed by atoms with Crippen molar-refractivity contribution in [2.24, 2.45) is 0 Å². The van der Waals surface area contributed by atoms with Gasteiger partial charge in [0.05, 0.1) is 6.04 Å². The molecule has 1 aliphatic heterocycles. The Morgan fingerprint density at radius 1 is 0.900 bits per heavy atom. The van der Waals surface area contributed by atoms with Crippen molar-refractivity contribution in [3.63, 3.8) is 0 Å². The van der Waals surface area contributed by atoms with Gasteiger partial charge in [0.2, 0.25) is 5.91 Å². The van der Waals surface area contributed by atoms with E-state index in [9.17, 15) is 9.59 Å². The molecule has 1 unspecified atom stereocenters. The standard InChI is InChI=1S/C26H26N2O2/c29-19-22-12-10-21(11-13-22)18-28(15-14-20-6-2-1-3-7-20)26(30)25-16-23-8-4-5-9-24(23)17-27-25/h1-13,19,25,27H,14-18H2. The summed E-state index contributed by atoms with van der Waals surface area (Å²) < 4.78 is 0. The van der Waals surface area contributed by atoms with E-state index in [1.165, 1.54) is 16.7 Å². The van der Waals surface area contributed by atoms with Crippen molar-refractivity contribution in [2.45, 2.75) is 32.0 Å². The second kappa shape index (κ2) is 9.51. The summed E-state index contributed by atoms with van der Waals surface area (Å²) in [7, 11) is 0. The number of carbonyl (C=O) groups excluding carboxylic acids is 2. The summed E-state index contributed by atoms with van der Waals surface area (Å²) in [5, 5.41) is 3.42. The number of amides is 1. The van der Waals surface area contributed by atoms with E-state index in [1.807, 2.05) is 47.4 Å². The van der Waals surface area contributed by atoms with Gasteiger partial charge in [-0.15, -0.1) is 0 Å². The number of nitrogens with one attached hydrogen (secondary N) is 1. The van der Waals surface area contributed by atoms with Crippen LogP contribution in [0.3, 0.4) is 0 Å². The molecule has 0 saturated heterocycles. The lowest BCUT2D eigenvalue weighted by molar-refractivity contribution is -0.134. The number of fused-ring (bicyclic) bond motifs is 1. The Labute approximate surface area is 177 Å². The van der Waals surface area contributed by atoms with E-state index in [0.717, 1.165) is 18.3 Å². The number of rotatable bonds is 7. The summed E-state index contributed by atoms with van der Waals surface area (Å²) in [5.74, 6) is 0.125. The number of nitrogens with zero attached hydrogens (tertiary/aromatic N) is 1. The molecule has 1 heterocycles. The van der Waals surface area contributed by atoms with Gasteiger partial charge >= 0.3 is 0 Å². The van der Waals surface area contributed by atoms with Gasteiger partial charge in [0.25, 0.3) is 0 Å². The smallest absolute Gasteiger partial charge is 0.240 e. The summed E-state index contributed by atoms with van der Waals surface area (Å²) in [6.07, 6.45) is 2.36. The third-order valence-corrected chi connectivity index (χ3v) is 5.69. The first-order chi connectivity index (χ1) is 14.7. The first-order valence-electron chi connectivity index (χ1n) is 10.4. The molecule has 0 aromatic heterocycles. The maximum Gasteiger partial charge on any atom is 0.240 e. The van der Waals surface area contributed by atoms with Crippen molar-refractivity contribution in [3.8, 4) is 0 Å². The highest BCUT2D eigenvalue weighted by Gasteiger charge is 2.28. The number of benzene rings is 3. The van der Waals surface area contributed by atoms with E-state index in [2.05, 4.69) is 29.6 Å². The minimum atomic E-state index is -0.218. The Morgan fingerprint density at radius 3 is 2.33 bits per heavy atom. The first-order valence-corrected chi connectivity index (χ1v) is 10.4. The van der Waals surface area contributed by atoms with Crippen LogP contribution in [0.2, 0.25) is 0 Å². The maximum atomic E-state index is 13.5. The van der Waals surface area contributed by atoms with Crippen LogP contribution in [0.25, 0.3) is 0 Å². The topological polar surface area (TPSA) is 49.4 Å². The van der Waals surface area contributed by atoms with E-state index in [4.69, 9.17) is 0 Å². The van der Waals surface area contributed by atoms with Gasteiger partial charge in [-0.1, -0.05) is 78.9 Å². The zero-order valence-electron chi connectivity index (χ0n) is 17.0. The minimum Gasteiger partial charge on any atom is -0.337 e. The molecule has 4 heteroatoms.